The summed E-state index contributed by atoms with van der Waals surface area (Å²) in [5.74, 6) is 0.554. The van der Waals surface area contributed by atoms with Crippen molar-refractivity contribution < 1.29 is 4.79 Å². The Kier molecular flexibility index (Phi) is 3.02. The fourth-order valence-electron chi connectivity index (χ4n) is 0.991. The molecule has 84 valence electrons. The van der Waals surface area contributed by atoms with E-state index in [1.807, 2.05) is 6.07 Å². The van der Waals surface area contributed by atoms with Gasteiger partial charge >= 0.3 is 6.03 Å². The Labute approximate surface area is 89.9 Å². The number of hydrogen-bond acceptors (Lipinski definition) is 2. The van der Waals surface area contributed by atoms with Crippen LogP contribution in [0.15, 0.2) is 6.07 Å². The molecule has 5 heteroatoms. The third kappa shape index (κ3) is 2.97. The topological polar surface area (TPSA) is 61.0 Å². The van der Waals surface area contributed by atoms with E-state index in [9.17, 15) is 4.79 Å². The third-order valence-corrected chi connectivity index (χ3v) is 2.03. The Balaban J connectivity index is 2.73. The number of amides is 2. The average Bonchev–Trinajstić information content (AvgIpc) is 2.51. The van der Waals surface area contributed by atoms with E-state index < -0.39 is 0 Å². The highest BCUT2D eigenvalue weighted by Gasteiger charge is 2.17. The predicted octanol–water partition coefficient (Wildman–Crippen LogP) is 1.80. The molecule has 2 N–H and O–H groups in total. The molecule has 0 atom stereocenters. The molecule has 1 heterocycles. The van der Waals surface area contributed by atoms with Gasteiger partial charge in [0.1, 0.15) is 0 Å². The molecular weight excluding hydrogens is 192 g/mol. The van der Waals surface area contributed by atoms with E-state index in [0.717, 1.165) is 5.69 Å². The molecule has 1 aromatic rings. The summed E-state index contributed by atoms with van der Waals surface area (Å²) in [6.07, 6.45) is 0. The highest BCUT2D eigenvalue weighted by atomic mass is 16.2. The van der Waals surface area contributed by atoms with Gasteiger partial charge in [-0.2, -0.15) is 5.10 Å². The van der Waals surface area contributed by atoms with Crippen LogP contribution >= 0.6 is 0 Å². The number of hydrogen-bond donors (Lipinski definition) is 2. The van der Waals surface area contributed by atoms with Crippen LogP contribution in [0.2, 0.25) is 0 Å². The second kappa shape index (κ2) is 3.92. The molecule has 0 fully saturated rings. The Morgan fingerprint density at radius 1 is 1.47 bits per heavy atom. The van der Waals surface area contributed by atoms with E-state index >= 15 is 0 Å². The summed E-state index contributed by atoms with van der Waals surface area (Å²) in [6.45, 7) is 6.24. The van der Waals surface area contributed by atoms with E-state index in [2.05, 4.69) is 36.3 Å². The first kappa shape index (κ1) is 11.6. The van der Waals surface area contributed by atoms with Crippen molar-refractivity contribution in [2.24, 2.45) is 0 Å². The molecule has 0 aliphatic rings. The highest BCUT2D eigenvalue weighted by molar-refractivity contribution is 5.87. The number of urea groups is 1. The van der Waals surface area contributed by atoms with Gasteiger partial charge in [0.2, 0.25) is 0 Å². The van der Waals surface area contributed by atoms with E-state index in [0.29, 0.717) is 5.82 Å². The van der Waals surface area contributed by atoms with E-state index in [1.165, 1.54) is 4.90 Å². The first-order valence-electron chi connectivity index (χ1n) is 4.85. The molecule has 0 aliphatic carbocycles. The van der Waals surface area contributed by atoms with Crippen LogP contribution < -0.4 is 5.32 Å². The van der Waals surface area contributed by atoms with Crippen LogP contribution in [0.3, 0.4) is 0 Å². The van der Waals surface area contributed by atoms with Crippen LogP contribution in [0.1, 0.15) is 26.5 Å². The van der Waals surface area contributed by atoms with Crippen molar-refractivity contribution in [2.45, 2.75) is 26.2 Å². The Morgan fingerprint density at radius 3 is 2.47 bits per heavy atom. The second-order valence-electron chi connectivity index (χ2n) is 4.74. The molecule has 0 saturated carbocycles. The summed E-state index contributed by atoms with van der Waals surface area (Å²) in [5, 5.41) is 9.61. The van der Waals surface area contributed by atoms with Gasteiger partial charge in [-0.1, -0.05) is 20.8 Å². The van der Waals surface area contributed by atoms with Gasteiger partial charge in [0.05, 0.1) is 0 Å². The Hall–Kier alpha value is -1.52. The second-order valence-corrected chi connectivity index (χ2v) is 4.74. The number of nitrogens with zero attached hydrogens (tertiary/aromatic N) is 2. The molecule has 1 rings (SSSR count). The van der Waals surface area contributed by atoms with Gasteiger partial charge < -0.3 is 4.90 Å². The molecule has 0 aliphatic heterocycles. The molecule has 15 heavy (non-hydrogen) atoms. The Morgan fingerprint density at radius 2 is 2.07 bits per heavy atom. The molecule has 0 unspecified atom stereocenters. The number of nitrogens with one attached hydrogen (secondary N) is 2. The zero-order chi connectivity index (χ0) is 11.6. The summed E-state index contributed by atoms with van der Waals surface area (Å²) in [5.41, 5.74) is 1.00. The number of carbonyl (C=O) groups excluding carboxylic acids is 1. The normalized spacial score (nSPS) is 11.3. The van der Waals surface area contributed by atoms with Crippen LogP contribution in [-0.2, 0) is 5.41 Å². The van der Waals surface area contributed by atoms with Crippen LogP contribution in [0.5, 0.6) is 0 Å². The van der Waals surface area contributed by atoms with E-state index in [-0.39, 0.29) is 11.4 Å². The van der Waals surface area contributed by atoms with Gasteiger partial charge in [0.15, 0.2) is 5.82 Å². The van der Waals surface area contributed by atoms with Crippen molar-refractivity contribution in [3.8, 4) is 0 Å². The molecule has 1 aromatic heterocycles. The van der Waals surface area contributed by atoms with Crippen LogP contribution in [0.25, 0.3) is 0 Å². The van der Waals surface area contributed by atoms with Crippen molar-refractivity contribution in [3.05, 3.63) is 11.8 Å². The SMILES string of the molecule is CN(C)C(=O)Nc1cc(C(C)(C)C)[nH]n1. The van der Waals surface area contributed by atoms with Crippen LogP contribution in [0.4, 0.5) is 10.6 Å². The number of carbonyl (C=O) groups is 1. The highest BCUT2D eigenvalue weighted by Crippen LogP contribution is 2.21. The number of anilines is 1. The van der Waals surface area contributed by atoms with Crippen molar-refractivity contribution in [2.75, 3.05) is 19.4 Å². The van der Waals surface area contributed by atoms with Crippen molar-refractivity contribution >= 4 is 11.8 Å². The van der Waals surface area contributed by atoms with Gasteiger partial charge in [-0.3, -0.25) is 10.4 Å². The summed E-state index contributed by atoms with van der Waals surface area (Å²) in [7, 11) is 3.37. The minimum atomic E-state index is -0.179. The first-order valence-corrected chi connectivity index (χ1v) is 4.85. The minimum absolute atomic E-state index is 0.00803. The maximum absolute atomic E-state index is 11.3. The van der Waals surface area contributed by atoms with Gasteiger partial charge in [-0.15, -0.1) is 0 Å². The third-order valence-electron chi connectivity index (χ3n) is 2.03. The maximum Gasteiger partial charge on any atom is 0.322 e. The number of aromatic nitrogens is 2. The molecule has 0 spiro atoms. The lowest BCUT2D eigenvalue weighted by molar-refractivity contribution is 0.230. The number of aromatic amines is 1. The maximum atomic E-state index is 11.3. The van der Waals surface area contributed by atoms with Gasteiger partial charge in [0, 0.05) is 31.3 Å². The summed E-state index contributed by atoms with van der Waals surface area (Å²) < 4.78 is 0. The smallest absolute Gasteiger partial charge is 0.322 e. The minimum Gasteiger partial charge on any atom is -0.331 e. The molecule has 0 bridgehead atoms. The van der Waals surface area contributed by atoms with Crippen molar-refractivity contribution in [1.82, 2.24) is 15.1 Å². The van der Waals surface area contributed by atoms with Crippen LogP contribution in [0, 0.1) is 0 Å². The van der Waals surface area contributed by atoms with Crippen molar-refractivity contribution in [1.29, 1.82) is 0 Å². The lowest BCUT2D eigenvalue weighted by Crippen LogP contribution is -2.27. The average molecular weight is 210 g/mol. The molecule has 5 nitrogen and oxygen atoms in total. The fraction of sp³-hybridized carbons (Fsp3) is 0.600. The lowest BCUT2D eigenvalue weighted by Gasteiger charge is -2.14. The molecular formula is C10H18N4O. The van der Waals surface area contributed by atoms with Crippen LogP contribution in [-0.4, -0.2) is 35.2 Å². The van der Waals surface area contributed by atoms with E-state index in [4.69, 9.17) is 0 Å². The molecule has 2 amide bonds. The summed E-state index contributed by atoms with van der Waals surface area (Å²) in [4.78, 5) is 12.8. The Bertz CT molecular complexity index is 349. The zero-order valence-electron chi connectivity index (χ0n) is 9.88. The quantitative estimate of drug-likeness (QED) is 0.742. The zero-order valence-corrected chi connectivity index (χ0v) is 9.88. The molecule has 0 saturated heterocycles. The summed E-state index contributed by atoms with van der Waals surface area (Å²) >= 11 is 0. The largest absolute Gasteiger partial charge is 0.331 e. The van der Waals surface area contributed by atoms with Gasteiger partial charge in [-0.05, 0) is 0 Å². The molecule has 0 aromatic carbocycles. The number of rotatable bonds is 1. The lowest BCUT2D eigenvalue weighted by atomic mass is 9.92. The fourth-order valence-corrected chi connectivity index (χ4v) is 0.991. The first-order chi connectivity index (χ1) is 6.80. The monoisotopic (exact) mass is 210 g/mol. The van der Waals surface area contributed by atoms with Gasteiger partial charge in [0.25, 0.3) is 0 Å². The standard InChI is InChI=1S/C10H18N4O/c1-10(2,3)7-6-8(13-12-7)11-9(15)14(4)5/h6H,1-5H3,(H2,11,12,13,15). The van der Waals surface area contributed by atoms with Gasteiger partial charge in [-0.25, -0.2) is 4.79 Å². The molecule has 0 radical (unpaired) electrons. The predicted molar refractivity (Wildman–Crippen MR) is 60.0 cm³/mol. The van der Waals surface area contributed by atoms with E-state index in [1.54, 1.807) is 14.1 Å². The summed E-state index contributed by atoms with van der Waals surface area (Å²) in [6, 6.07) is 1.67. The number of H-pyrrole nitrogens is 1. The van der Waals surface area contributed by atoms with Crippen molar-refractivity contribution in [3.63, 3.8) is 0 Å².